The maximum absolute atomic E-state index is 11.9. The third-order valence-electron chi connectivity index (χ3n) is 2.13. The van der Waals surface area contributed by atoms with E-state index in [2.05, 4.69) is 4.98 Å². The topological polar surface area (TPSA) is 47.4 Å². The first kappa shape index (κ1) is 11.7. The van der Waals surface area contributed by atoms with Crippen LogP contribution in [0.2, 0.25) is 0 Å². The van der Waals surface area contributed by atoms with E-state index in [-0.39, 0.29) is 12.1 Å². The van der Waals surface area contributed by atoms with Crippen molar-refractivity contribution < 1.29 is 9.53 Å². The zero-order valence-electron chi connectivity index (χ0n) is 9.38. The van der Waals surface area contributed by atoms with E-state index >= 15 is 0 Å². The molecular weight excluding hydrogens is 194 g/mol. The van der Waals surface area contributed by atoms with E-state index in [4.69, 9.17) is 4.74 Å². The van der Waals surface area contributed by atoms with Crippen molar-refractivity contribution in [2.24, 2.45) is 0 Å². The predicted molar refractivity (Wildman–Crippen MR) is 56.7 cm³/mol. The lowest BCUT2D eigenvalue weighted by Gasteiger charge is -2.26. The van der Waals surface area contributed by atoms with Crippen molar-refractivity contribution in [1.29, 1.82) is 0 Å². The van der Waals surface area contributed by atoms with E-state index in [1.54, 1.807) is 24.4 Å². The summed E-state index contributed by atoms with van der Waals surface area (Å²) < 4.78 is 6.44. The molecule has 1 aromatic rings. The summed E-state index contributed by atoms with van der Waals surface area (Å²) in [6, 6.07) is 0.0783. The van der Waals surface area contributed by atoms with E-state index in [1.807, 2.05) is 13.8 Å². The molecule has 0 bridgehead atoms. The summed E-state index contributed by atoms with van der Waals surface area (Å²) in [6.07, 6.45) is 4.74. The van der Waals surface area contributed by atoms with Crippen LogP contribution in [-0.2, 0) is 4.74 Å². The van der Waals surface area contributed by atoms with Gasteiger partial charge in [0.05, 0.1) is 6.61 Å². The Bertz CT molecular complexity index is 296. The molecule has 0 aromatic carbocycles. The Morgan fingerprint density at radius 1 is 1.60 bits per heavy atom. The summed E-state index contributed by atoms with van der Waals surface area (Å²) in [5.41, 5.74) is 0. The van der Waals surface area contributed by atoms with Crippen molar-refractivity contribution in [2.75, 3.05) is 20.3 Å². The molecule has 0 unspecified atom stereocenters. The lowest BCUT2D eigenvalue weighted by atomic mass is 10.3. The SMILES string of the molecule is COCCN(C(=O)n1ccnc1)C(C)C. The second-order valence-electron chi connectivity index (χ2n) is 3.53. The van der Waals surface area contributed by atoms with Gasteiger partial charge < -0.3 is 9.64 Å². The largest absolute Gasteiger partial charge is 0.383 e. The smallest absolute Gasteiger partial charge is 0.329 e. The highest BCUT2D eigenvalue weighted by Gasteiger charge is 2.17. The van der Waals surface area contributed by atoms with Gasteiger partial charge in [-0.2, -0.15) is 0 Å². The molecular formula is C10H17N3O2. The summed E-state index contributed by atoms with van der Waals surface area (Å²) in [6.45, 7) is 5.08. The summed E-state index contributed by atoms with van der Waals surface area (Å²) >= 11 is 0. The third-order valence-corrected chi connectivity index (χ3v) is 2.13. The number of nitrogens with zero attached hydrogens (tertiary/aromatic N) is 3. The fourth-order valence-electron chi connectivity index (χ4n) is 1.28. The maximum atomic E-state index is 11.9. The van der Waals surface area contributed by atoms with Crippen molar-refractivity contribution in [3.63, 3.8) is 0 Å². The van der Waals surface area contributed by atoms with E-state index < -0.39 is 0 Å². The van der Waals surface area contributed by atoms with Gasteiger partial charge in [0.25, 0.3) is 0 Å². The minimum absolute atomic E-state index is 0.0699. The van der Waals surface area contributed by atoms with Gasteiger partial charge >= 0.3 is 6.03 Å². The lowest BCUT2D eigenvalue weighted by Crippen LogP contribution is -2.41. The highest BCUT2D eigenvalue weighted by atomic mass is 16.5. The van der Waals surface area contributed by atoms with Gasteiger partial charge in [-0.15, -0.1) is 0 Å². The van der Waals surface area contributed by atoms with Crippen molar-refractivity contribution in [2.45, 2.75) is 19.9 Å². The van der Waals surface area contributed by atoms with E-state index in [0.717, 1.165) is 0 Å². The van der Waals surface area contributed by atoms with Crippen molar-refractivity contribution in [3.05, 3.63) is 18.7 Å². The zero-order chi connectivity index (χ0) is 11.3. The van der Waals surface area contributed by atoms with E-state index in [1.165, 1.54) is 10.9 Å². The van der Waals surface area contributed by atoms with Crippen molar-refractivity contribution in [3.8, 4) is 0 Å². The minimum atomic E-state index is -0.0699. The third kappa shape index (κ3) is 3.06. The fraction of sp³-hybridized carbons (Fsp3) is 0.600. The van der Waals surface area contributed by atoms with Crippen LogP contribution in [-0.4, -0.2) is 46.8 Å². The number of hydrogen-bond donors (Lipinski definition) is 0. The number of imidazole rings is 1. The van der Waals surface area contributed by atoms with Crippen LogP contribution in [0, 0.1) is 0 Å². The monoisotopic (exact) mass is 211 g/mol. The van der Waals surface area contributed by atoms with Crippen LogP contribution in [0.3, 0.4) is 0 Å². The molecule has 5 nitrogen and oxygen atoms in total. The van der Waals surface area contributed by atoms with Crippen LogP contribution in [0.5, 0.6) is 0 Å². The molecule has 1 aromatic heterocycles. The highest BCUT2D eigenvalue weighted by Crippen LogP contribution is 2.02. The van der Waals surface area contributed by atoms with Crippen LogP contribution in [0.4, 0.5) is 4.79 Å². The molecule has 0 aliphatic rings. The van der Waals surface area contributed by atoms with Crippen molar-refractivity contribution >= 4 is 6.03 Å². The Labute approximate surface area is 89.7 Å². The molecule has 5 heteroatoms. The van der Waals surface area contributed by atoms with E-state index in [0.29, 0.717) is 13.2 Å². The number of methoxy groups -OCH3 is 1. The van der Waals surface area contributed by atoms with Gasteiger partial charge in [0.15, 0.2) is 0 Å². The summed E-state index contributed by atoms with van der Waals surface area (Å²) in [4.78, 5) is 17.5. The van der Waals surface area contributed by atoms with Gasteiger partial charge in [0.2, 0.25) is 0 Å². The molecule has 15 heavy (non-hydrogen) atoms. The molecule has 0 N–H and O–H groups in total. The average molecular weight is 211 g/mol. The molecule has 0 aliphatic heterocycles. The lowest BCUT2D eigenvalue weighted by molar-refractivity contribution is 0.137. The molecule has 0 saturated heterocycles. The zero-order valence-corrected chi connectivity index (χ0v) is 9.38. The number of hydrogen-bond acceptors (Lipinski definition) is 3. The first-order valence-corrected chi connectivity index (χ1v) is 4.94. The van der Waals surface area contributed by atoms with Gasteiger partial charge in [-0.3, -0.25) is 4.57 Å². The van der Waals surface area contributed by atoms with Gasteiger partial charge in [-0.1, -0.05) is 0 Å². The minimum Gasteiger partial charge on any atom is -0.383 e. The molecule has 0 saturated carbocycles. The molecule has 1 rings (SSSR count). The summed E-state index contributed by atoms with van der Waals surface area (Å²) in [5, 5.41) is 0. The van der Waals surface area contributed by atoms with Crippen LogP contribution in [0.1, 0.15) is 13.8 Å². The first-order valence-electron chi connectivity index (χ1n) is 4.94. The Morgan fingerprint density at radius 2 is 2.33 bits per heavy atom. The number of carbonyl (C=O) groups is 1. The summed E-state index contributed by atoms with van der Waals surface area (Å²) in [5.74, 6) is 0. The molecule has 84 valence electrons. The quantitative estimate of drug-likeness (QED) is 0.752. The molecule has 0 fully saturated rings. The molecule has 1 amide bonds. The molecule has 0 spiro atoms. The fourth-order valence-corrected chi connectivity index (χ4v) is 1.28. The Morgan fingerprint density at radius 3 is 2.80 bits per heavy atom. The van der Waals surface area contributed by atoms with Crippen LogP contribution < -0.4 is 0 Å². The van der Waals surface area contributed by atoms with Gasteiger partial charge in [0.1, 0.15) is 6.33 Å². The molecule has 1 heterocycles. The number of rotatable bonds is 4. The Balaban J connectivity index is 2.67. The van der Waals surface area contributed by atoms with Crippen LogP contribution >= 0.6 is 0 Å². The number of amides is 1. The predicted octanol–water partition coefficient (Wildman–Crippen LogP) is 1.21. The standard InChI is InChI=1S/C10H17N3O2/c1-9(2)13(6-7-15-3)10(14)12-5-4-11-8-12/h4-5,8-9H,6-7H2,1-3H3. The maximum Gasteiger partial charge on any atom is 0.329 e. The second-order valence-corrected chi connectivity index (χ2v) is 3.53. The molecule has 0 aliphatic carbocycles. The van der Waals surface area contributed by atoms with Crippen molar-refractivity contribution in [1.82, 2.24) is 14.5 Å². The molecule has 0 radical (unpaired) electrons. The second kappa shape index (κ2) is 5.50. The Kier molecular flexibility index (Phi) is 4.30. The van der Waals surface area contributed by atoms with Crippen LogP contribution in [0.25, 0.3) is 0 Å². The number of carbonyl (C=O) groups excluding carboxylic acids is 1. The number of aromatic nitrogens is 2. The average Bonchev–Trinajstić information content (AvgIpc) is 2.70. The van der Waals surface area contributed by atoms with E-state index in [9.17, 15) is 4.79 Å². The number of ether oxygens (including phenoxy) is 1. The van der Waals surface area contributed by atoms with Gasteiger partial charge in [0, 0.05) is 32.1 Å². The normalized spacial score (nSPS) is 10.7. The van der Waals surface area contributed by atoms with Crippen LogP contribution in [0.15, 0.2) is 18.7 Å². The highest BCUT2D eigenvalue weighted by molar-refractivity contribution is 5.76. The Hall–Kier alpha value is -1.36. The van der Waals surface area contributed by atoms with Gasteiger partial charge in [-0.05, 0) is 13.8 Å². The summed E-state index contributed by atoms with van der Waals surface area (Å²) in [7, 11) is 1.63. The van der Waals surface area contributed by atoms with Gasteiger partial charge in [-0.25, -0.2) is 9.78 Å². The first-order chi connectivity index (χ1) is 7.16. The molecule has 0 atom stereocenters.